The molecule has 0 aliphatic carbocycles. The number of rotatable bonds is 4. The van der Waals surface area contributed by atoms with E-state index >= 15 is 0 Å². The molecule has 2 aliphatic heterocycles. The predicted octanol–water partition coefficient (Wildman–Crippen LogP) is 2.29. The molecule has 1 fully saturated rings. The number of hydrogen-bond acceptors (Lipinski definition) is 7. The van der Waals surface area contributed by atoms with Gasteiger partial charge in [-0.3, -0.25) is 4.90 Å². The number of nitrogens with zero attached hydrogens (tertiary/aromatic N) is 3. The molecule has 0 saturated carbocycles. The number of ether oxygens (including phenoxy) is 2. The van der Waals surface area contributed by atoms with Gasteiger partial charge in [0.15, 0.2) is 11.5 Å². The first kappa shape index (κ1) is 16.5. The summed E-state index contributed by atoms with van der Waals surface area (Å²) in [5, 5.41) is 9.21. The van der Waals surface area contributed by atoms with Crippen molar-refractivity contribution < 1.29 is 9.47 Å². The molecule has 0 atom stereocenters. The van der Waals surface area contributed by atoms with Crippen molar-refractivity contribution in [1.29, 1.82) is 5.26 Å². The molecule has 0 radical (unpaired) electrons. The van der Waals surface area contributed by atoms with Crippen molar-refractivity contribution in [2.45, 2.75) is 19.3 Å². The molecule has 7 nitrogen and oxygen atoms in total. The molecule has 0 unspecified atom stereocenters. The maximum atomic E-state index is 9.21. The van der Waals surface area contributed by atoms with Gasteiger partial charge in [0.25, 0.3) is 0 Å². The molecule has 1 aromatic heterocycles. The van der Waals surface area contributed by atoms with Crippen LogP contribution in [0.15, 0.2) is 18.2 Å². The Morgan fingerprint density at radius 2 is 2.08 bits per heavy atom. The molecule has 7 heteroatoms. The van der Waals surface area contributed by atoms with Crippen LogP contribution in [0.3, 0.4) is 0 Å². The number of benzene rings is 1. The lowest BCUT2D eigenvalue weighted by Crippen LogP contribution is -2.25. The van der Waals surface area contributed by atoms with Gasteiger partial charge >= 0.3 is 0 Å². The number of nitrogen functional groups attached to an aromatic ring is 2. The van der Waals surface area contributed by atoms with Crippen molar-refractivity contribution in [1.82, 2.24) is 9.88 Å². The summed E-state index contributed by atoms with van der Waals surface area (Å²) in [6.07, 6.45) is 3.06. The number of para-hydroxylation sites is 1. The Morgan fingerprint density at radius 1 is 1.27 bits per heavy atom. The van der Waals surface area contributed by atoms with Crippen LogP contribution in [0.4, 0.5) is 11.5 Å². The lowest BCUT2D eigenvalue weighted by Gasteiger charge is -2.24. The van der Waals surface area contributed by atoms with Gasteiger partial charge in [0.05, 0.1) is 5.69 Å². The minimum absolute atomic E-state index is 0.0830. The van der Waals surface area contributed by atoms with Crippen molar-refractivity contribution in [2.24, 2.45) is 0 Å². The molecule has 1 saturated heterocycles. The van der Waals surface area contributed by atoms with E-state index in [1.807, 2.05) is 24.3 Å². The quantitative estimate of drug-likeness (QED) is 0.742. The minimum Gasteiger partial charge on any atom is -0.488 e. The summed E-state index contributed by atoms with van der Waals surface area (Å²) in [6.45, 7) is 3.80. The van der Waals surface area contributed by atoms with E-state index in [-0.39, 0.29) is 11.4 Å². The fraction of sp³-hybridized carbons (Fsp3) is 0.368. The summed E-state index contributed by atoms with van der Waals surface area (Å²) in [6, 6.07) is 7.80. The van der Waals surface area contributed by atoms with Gasteiger partial charge in [-0.25, -0.2) is 0 Å². The fourth-order valence-corrected chi connectivity index (χ4v) is 3.52. The highest BCUT2D eigenvalue weighted by atomic mass is 16.5. The Labute approximate surface area is 152 Å². The van der Waals surface area contributed by atoms with E-state index in [1.54, 1.807) is 0 Å². The summed E-state index contributed by atoms with van der Waals surface area (Å²) in [5.74, 6) is 1.77. The number of likely N-dealkylation sites (tertiary alicyclic amines) is 1. The van der Waals surface area contributed by atoms with Gasteiger partial charge in [-0.05, 0) is 32.0 Å². The number of pyridine rings is 1. The molecule has 0 bridgehead atoms. The highest BCUT2D eigenvalue weighted by molar-refractivity contribution is 5.72. The van der Waals surface area contributed by atoms with Crippen LogP contribution in [-0.4, -0.2) is 36.1 Å². The third kappa shape index (κ3) is 2.89. The number of anilines is 2. The van der Waals surface area contributed by atoms with Crippen LogP contribution < -0.4 is 20.9 Å². The topological polar surface area (TPSA) is 110 Å². The van der Waals surface area contributed by atoms with Crippen molar-refractivity contribution in [3.05, 3.63) is 34.9 Å². The first-order chi connectivity index (χ1) is 12.7. The molecule has 4 N–H and O–H groups in total. The van der Waals surface area contributed by atoms with E-state index in [4.69, 9.17) is 20.9 Å². The highest BCUT2D eigenvalue weighted by Crippen LogP contribution is 2.44. The minimum atomic E-state index is 0.0830. The zero-order valence-electron chi connectivity index (χ0n) is 14.5. The van der Waals surface area contributed by atoms with Crippen molar-refractivity contribution >= 4 is 11.5 Å². The van der Waals surface area contributed by atoms with E-state index in [2.05, 4.69) is 9.88 Å². The summed E-state index contributed by atoms with van der Waals surface area (Å²) in [7, 11) is 0. The largest absolute Gasteiger partial charge is 0.488 e. The van der Waals surface area contributed by atoms with Crippen molar-refractivity contribution in [2.75, 3.05) is 37.7 Å². The maximum absolute atomic E-state index is 9.21. The Morgan fingerprint density at radius 3 is 2.85 bits per heavy atom. The number of nitriles is 1. The van der Waals surface area contributed by atoms with Gasteiger partial charge < -0.3 is 20.9 Å². The SMILES string of the molecule is N#Cc1c(N)nc2c(c1N)Cc1cccc(OCCN3CCCC3)c1O2. The Balaban J connectivity index is 1.57. The number of hydrogen-bond donors (Lipinski definition) is 2. The number of fused-ring (bicyclic) bond motifs is 2. The molecule has 2 aromatic rings. The van der Waals surface area contributed by atoms with Crippen LogP contribution in [0.25, 0.3) is 0 Å². The van der Waals surface area contributed by atoms with Crippen molar-refractivity contribution in [3.8, 4) is 23.4 Å². The number of aromatic nitrogens is 1. The van der Waals surface area contributed by atoms with Crippen LogP contribution in [0.1, 0.15) is 29.5 Å². The molecule has 1 aromatic carbocycles. The highest BCUT2D eigenvalue weighted by Gasteiger charge is 2.26. The number of nitrogens with two attached hydrogens (primary N) is 2. The molecule has 0 amide bonds. The Hall–Kier alpha value is -2.98. The maximum Gasteiger partial charge on any atom is 0.227 e. The van der Waals surface area contributed by atoms with E-state index in [1.165, 1.54) is 12.8 Å². The summed E-state index contributed by atoms with van der Waals surface area (Å²) in [5.41, 5.74) is 14.1. The monoisotopic (exact) mass is 351 g/mol. The molecule has 0 spiro atoms. The Bertz CT molecular complexity index is 884. The molecule has 134 valence electrons. The van der Waals surface area contributed by atoms with Crippen LogP contribution >= 0.6 is 0 Å². The van der Waals surface area contributed by atoms with E-state index in [9.17, 15) is 5.26 Å². The summed E-state index contributed by atoms with van der Waals surface area (Å²) in [4.78, 5) is 6.62. The average molecular weight is 351 g/mol. The third-order valence-corrected chi connectivity index (χ3v) is 4.93. The second-order valence-corrected chi connectivity index (χ2v) is 6.60. The second-order valence-electron chi connectivity index (χ2n) is 6.60. The van der Waals surface area contributed by atoms with Crippen molar-refractivity contribution in [3.63, 3.8) is 0 Å². The Kier molecular flexibility index (Phi) is 4.27. The zero-order valence-corrected chi connectivity index (χ0v) is 14.5. The average Bonchev–Trinajstić information content (AvgIpc) is 3.15. The van der Waals surface area contributed by atoms with Crippen LogP contribution in [0, 0.1) is 11.3 Å². The normalized spacial score (nSPS) is 15.7. The third-order valence-electron chi connectivity index (χ3n) is 4.93. The van der Waals surface area contributed by atoms with Crippen LogP contribution in [0.5, 0.6) is 17.4 Å². The molecule has 2 aliphatic rings. The lowest BCUT2D eigenvalue weighted by atomic mass is 9.99. The molecule has 4 rings (SSSR count). The molecule has 26 heavy (non-hydrogen) atoms. The van der Waals surface area contributed by atoms with Crippen LogP contribution in [0.2, 0.25) is 0 Å². The summed E-state index contributed by atoms with van der Waals surface area (Å²) >= 11 is 0. The summed E-state index contributed by atoms with van der Waals surface area (Å²) < 4.78 is 12.0. The molecular weight excluding hydrogens is 330 g/mol. The van der Waals surface area contributed by atoms with Gasteiger partial charge in [-0.15, -0.1) is 0 Å². The standard InChI is InChI=1S/C19H21N5O2/c20-11-14-16(21)13-10-12-4-3-5-15(17(12)26-19(13)23-18(14)22)25-9-8-24-6-1-2-7-24/h3-5H,1-2,6-10H2,(H4,21,22,23). The van der Waals surface area contributed by atoms with Gasteiger partial charge in [-0.1, -0.05) is 12.1 Å². The predicted molar refractivity (Wildman–Crippen MR) is 98.3 cm³/mol. The van der Waals surface area contributed by atoms with E-state index in [0.717, 1.165) is 25.2 Å². The van der Waals surface area contributed by atoms with Gasteiger partial charge in [0.1, 0.15) is 24.1 Å². The first-order valence-electron chi connectivity index (χ1n) is 8.80. The van der Waals surface area contributed by atoms with Gasteiger partial charge in [0.2, 0.25) is 5.88 Å². The van der Waals surface area contributed by atoms with E-state index in [0.29, 0.717) is 41.7 Å². The first-order valence-corrected chi connectivity index (χ1v) is 8.80. The van der Waals surface area contributed by atoms with Gasteiger partial charge in [0, 0.05) is 24.1 Å². The van der Waals surface area contributed by atoms with Crippen LogP contribution in [-0.2, 0) is 6.42 Å². The van der Waals surface area contributed by atoms with Gasteiger partial charge in [-0.2, -0.15) is 10.2 Å². The lowest BCUT2D eigenvalue weighted by molar-refractivity contribution is 0.231. The second kappa shape index (κ2) is 6.73. The zero-order chi connectivity index (χ0) is 18.1. The van der Waals surface area contributed by atoms with E-state index < -0.39 is 0 Å². The smallest absolute Gasteiger partial charge is 0.227 e. The molecule has 3 heterocycles. The fourth-order valence-electron chi connectivity index (χ4n) is 3.52. The molecular formula is C19H21N5O2.